The maximum Gasteiger partial charge on any atom is 0.251 e. The summed E-state index contributed by atoms with van der Waals surface area (Å²) in [5.41, 5.74) is 5.05. The summed E-state index contributed by atoms with van der Waals surface area (Å²) in [6.45, 7) is 6.04. The van der Waals surface area contributed by atoms with E-state index >= 15 is 0 Å². The van der Waals surface area contributed by atoms with Crippen molar-refractivity contribution in [2.75, 3.05) is 11.4 Å². The zero-order chi connectivity index (χ0) is 23.0. The van der Waals surface area contributed by atoms with E-state index in [0.717, 1.165) is 31.5 Å². The molecule has 168 valence electrons. The van der Waals surface area contributed by atoms with Gasteiger partial charge in [0, 0.05) is 48.9 Å². The molecule has 5 rings (SSSR count). The fourth-order valence-corrected chi connectivity index (χ4v) is 5.32. The molecule has 33 heavy (non-hydrogen) atoms. The van der Waals surface area contributed by atoms with E-state index in [2.05, 4.69) is 48.0 Å². The van der Waals surface area contributed by atoms with Crippen LogP contribution in [0.15, 0.2) is 79.1 Å². The van der Waals surface area contributed by atoms with Gasteiger partial charge in [-0.15, -0.1) is 0 Å². The third-order valence-corrected chi connectivity index (χ3v) is 7.04. The van der Waals surface area contributed by atoms with E-state index in [0.29, 0.717) is 5.69 Å². The van der Waals surface area contributed by atoms with Crippen molar-refractivity contribution in [2.45, 2.75) is 44.8 Å². The van der Waals surface area contributed by atoms with Crippen LogP contribution in [0.3, 0.4) is 0 Å². The van der Waals surface area contributed by atoms with Gasteiger partial charge in [-0.2, -0.15) is 0 Å². The molecule has 3 aromatic rings. The molecule has 5 heteroatoms. The third-order valence-electron chi connectivity index (χ3n) is 7.04. The second-order valence-corrected chi connectivity index (χ2v) is 9.26. The fourth-order valence-electron chi connectivity index (χ4n) is 5.32. The van der Waals surface area contributed by atoms with Crippen LogP contribution in [-0.2, 0) is 11.3 Å². The van der Waals surface area contributed by atoms with Crippen LogP contribution in [-0.4, -0.2) is 33.9 Å². The first-order chi connectivity index (χ1) is 15.9. The highest BCUT2D eigenvalue weighted by molar-refractivity contribution is 6.06. The van der Waals surface area contributed by atoms with E-state index < -0.39 is 5.54 Å². The van der Waals surface area contributed by atoms with Crippen LogP contribution in [0.25, 0.3) is 11.1 Å². The summed E-state index contributed by atoms with van der Waals surface area (Å²) in [6, 6.07) is 17.3. The normalized spacial score (nSPS) is 22.9. The lowest BCUT2D eigenvalue weighted by atomic mass is 9.82. The molecule has 0 unspecified atom stereocenters. The van der Waals surface area contributed by atoms with Gasteiger partial charge in [0.15, 0.2) is 0 Å². The average molecular weight is 442 g/mol. The highest BCUT2D eigenvalue weighted by atomic mass is 19.1. The van der Waals surface area contributed by atoms with Gasteiger partial charge in [-0.3, -0.25) is 19.6 Å². The van der Waals surface area contributed by atoms with Crippen molar-refractivity contribution in [3.05, 3.63) is 96.1 Å². The number of benzene rings is 2. The molecule has 0 N–H and O–H groups in total. The highest BCUT2D eigenvalue weighted by Gasteiger charge is 2.46. The van der Waals surface area contributed by atoms with E-state index in [9.17, 15) is 9.18 Å². The first kappa shape index (κ1) is 21.5. The van der Waals surface area contributed by atoms with Crippen molar-refractivity contribution in [3.63, 3.8) is 0 Å². The Hall–Kier alpha value is -3.31. The molecule has 4 nitrogen and oxygen atoms in total. The number of likely N-dealkylation sites (tertiary alicyclic amines) is 1. The lowest BCUT2D eigenvalue weighted by molar-refractivity contribution is -0.114. The fraction of sp³-hybridized carbons (Fsp3) is 0.286. The number of anilines is 1. The van der Waals surface area contributed by atoms with Gasteiger partial charge in [0.05, 0.1) is 5.54 Å². The molecule has 0 aliphatic carbocycles. The summed E-state index contributed by atoms with van der Waals surface area (Å²) in [7, 11) is 0. The number of halogens is 1. The summed E-state index contributed by atoms with van der Waals surface area (Å²) in [6.07, 6.45) is 9.05. The molecule has 0 radical (unpaired) electrons. The molecule has 2 aromatic carbocycles. The third kappa shape index (κ3) is 4.09. The molecule has 1 spiro atoms. The largest absolute Gasteiger partial charge is 0.299 e. The van der Waals surface area contributed by atoms with Gasteiger partial charge in [-0.05, 0) is 73.7 Å². The number of carbonyl (C=O) groups is 1. The van der Waals surface area contributed by atoms with Crippen LogP contribution in [0.4, 0.5) is 10.1 Å². The van der Waals surface area contributed by atoms with Crippen LogP contribution in [0.2, 0.25) is 0 Å². The summed E-state index contributed by atoms with van der Waals surface area (Å²) in [5.74, 6) is -0.391. The molecule has 2 aliphatic heterocycles. The summed E-state index contributed by atoms with van der Waals surface area (Å²) in [5, 5.41) is 0. The number of amides is 1. The molecule has 1 fully saturated rings. The quantitative estimate of drug-likeness (QED) is 0.535. The molecular formula is C28H28FN3O. The van der Waals surface area contributed by atoms with Crippen LogP contribution < -0.4 is 4.90 Å². The number of hydrogen-bond acceptors (Lipinski definition) is 3. The van der Waals surface area contributed by atoms with E-state index in [1.54, 1.807) is 17.0 Å². The lowest BCUT2D eigenvalue weighted by Gasteiger charge is -2.47. The van der Waals surface area contributed by atoms with Gasteiger partial charge in [0.25, 0.3) is 5.91 Å². The zero-order valence-electron chi connectivity index (χ0n) is 19.0. The Morgan fingerprint density at radius 2 is 2.00 bits per heavy atom. The van der Waals surface area contributed by atoms with Gasteiger partial charge >= 0.3 is 0 Å². The summed E-state index contributed by atoms with van der Waals surface area (Å²) >= 11 is 0. The topological polar surface area (TPSA) is 36.4 Å². The molecule has 0 saturated carbocycles. The number of aryl methyl sites for hydroxylation is 1. The molecule has 3 heterocycles. The highest BCUT2D eigenvalue weighted by Crippen LogP contribution is 2.41. The second-order valence-electron chi connectivity index (χ2n) is 9.26. The zero-order valence-corrected chi connectivity index (χ0v) is 19.0. The van der Waals surface area contributed by atoms with Gasteiger partial charge in [-0.25, -0.2) is 4.39 Å². The SMILES string of the molecule is Cc1ccncc1-c1cccc(CN2CC[C@@]3(C=CC(=O)N3c3cccc(F)c3)C[C@H]2C)c1. The van der Waals surface area contributed by atoms with Crippen LogP contribution >= 0.6 is 0 Å². The lowest BCUT2D eigenvalue weighted by Crippen LogP contribution is -2.56. The number of rotatable bonds is 4. The maximum absolute atomic E-state index is 13.9. The minimum Gasteiger partial charge on any atom is -0.299 e. The molecule has 1 saturated heterocycles. The van der Waals surface area contributed by atoms with Crippen molar-refractivity contribution in [1.82, 2.24) is 9.88 Å². The van der Waals surface area contributed by atoms with Gasteiger partial charge in [0.2, 0.25) is 0 Å². The standard InChI is InChI=1S/C28H28FN3O/c1-20-10-13-30-18-26(20)23-6-3-5-22(15-23)19-31-14-12-28(17-21(31)2)11-9-27(33)32(28)25-8-4-7-24(29)16-25/h3-11,13,15-16,18,21H,12,14,17,19H2,1-2H3/t21-,28+/m1/s1. The first-order valence-electron chi connectivity index (χ1n) is 11.5. The Bertz CT molecular complexity index is 1220. The molecule has 2 atom stereocenters. The Morgan fingerprint density at radius 1 is 1.15 bits per heavy atom. The number of aromatic nitrogens is 1. The Morgan fingerprint density at radius 3 is 2.79 bits per heavy atom. The van der Waals surface area contributed by atoms with E-state index in [-0.39, 0.29) is 17.8 Å². The minimum atomic E-state index is -0.393. The number of carbonyl (C=O) groups excluding carboxylic acids is 1. The van der Waals surface area contributed by atoms with Crippen molar-refractivity contribution < 1.29 is 9.18 Å². The molecule has 2 aliphatic rings. The van der Waals surface area contributed by atoms with E-state index in [4.69, 9.17) is 0 Å². The van der Waals surface area contributed by atoms with Crippen molar-refractivity contribution in [3.8, 4) is 11.1 Å². The monoisotopic (exact) mass is 441 g/mol. The van der Waals surface area contributed by atoms with Gasteiger partial charge < -0.3 is 0 Å². The van der Waals surface area contributed by atoms with Crippen molar-refractivity contribution in [1.29, 1.82) is 0 Å². The van der Waals surface area contributed by atoms with Crippen LogP contribution in [0, 0.1) is 12.7 Å². The maximum atomic E-state index is 13.9. The Balaban J connectivity index is 1.34. The summed E-state index contributed by atoms with van der Waals surface area (Å²) in [4.78, 5) is 21.3. The van der Waals surface area contributed by atoms with Crippen LogP contribution in [0.1, 0.15) is 30.9 Å². The Kier molecular flexibility index (Phi) is 5.59. The predicted octanol–water partition coefficient (Wildman–Crippen LogP) is 5.52. The molecule has 0 bridgehead atoms. The van der Waals surface area contributed by atoms with Crippen molar-refractivity contribution >= 4 is 11.6 Å². The second kappa shape index (κ2) is 8.56. The van der Waals surface area contributed by atoms with Crippen LogP contribution in [0.5, 0.6) is 0 Å². The predicted molar refractivity (Wildman–Crippen MR) is 129 cm³/mol. The minimum absolute atomic E-state index is 0.0687. The number of pyridine rings is 1. The smallest absolute Gasteiger partial charge is 0.251 e. The summed E-state index contributed by atoms with van der Waals surface area (Å²) < 4.78 is 13.9. The molecular weight excluding hydrogens is 413 g/mol. The van der Waals surface area contributed by atoms with E-state index in [1.807, 2.05) is 30.6 Å². The number of piperidine rings is 1. The van der Waals surface area contributed by atoms with Crippen molar-refractivity contribution in [2.24, 2.45) is 0 Å². The van der Waals surface area contributed by atoms with Gasteiger partial charge in [-0.1, -0.05) is 30.3 Å². The number of nitrogens with zero attached hydrogens (tertiary/aromatic N) is 3. The molecule has 1 aromatic heterocycles. The first-order valence-corrected chi connectivity index (χ1v) is 11.5. The van der Waals surface area contributed by atoms with Gasteiger partial charge in [0.1, 0.15) is 5.82 Å². The number of hydrogen-bond donors (Lipinski definition) is 0. The average Bonchev–Trinajstić information content (AvgIpc) is 3.11. The molecule has 1 amide bonds. The Labute approximate surface area is 194 Å². The van der Waals surface area contributed by atoms with E-state index in [1.165, 1.54) is 28.8 Å².